The fourth-order valence-corrected chi connectivity index (χ4v) is 7.00. The van der Waals surface area contributed by atoms with Crippen LogP contribution in [0.15, 0.2) is 18.2 Å². The molecule has 0 aliphatic rings. The molecule has 1 aromatic rings. The summed E-state index contributed by atoms with van der Waals surface area (Å²) in [4.78, 5) is 0. The van der Waals surface area contributed by atoms with E-state index in [2.05, 4.69) is 34.6 Å². The summed E-state index contributed by atoms with van der Waals surface area (Å²) in [6, 6.07) is 4.00. The average Bonchev–Trinajstić information content (AvgIpc) is 2.60. The monoisotopic (exact) mass is 384 g/mol. The summed E-state index contributed by atoms with van der Waals surface area (Å²) in [5.41, 5.74) is 0. The molecule has 4 unspecified atom stereocenters. The van der Waals surface area contributed by atoms with Crippen molar-refractivity contribution in [2.45, 2.75) is 79.6 Å². The van der Waals surface area contributed by atoms with Crippen LogP contribution in [0.2, 0.25) is 0 Å². The van der Waals surface area contributed by atoms with Gasteiger partial charge in [-0.1, -0.05) is 87.5 Å². The SMILES string of the molecule is CCCC(C)CP(CC(C)CCC(CC)CCC)c1cc(F)ccc1F. The largest absolute Gasteiger partial charge is 0.207 e. The number of benzene rings is 1. The van der Waals surface area contributed by atoms with Gasteiger partial charge in [-0.15, -0.1) is 0 Å². The van der Waals surface area contributed by atoms with Gasteiger partial charge in [0.15, 0.2) is 0 Å². The Balaban J connectivity index is 2.79. The molecule has 0 bridgehead atoms. The third-order valence-electron chi connectivity index (χ3n) is 5.44. The first-order chi connectivity index (χ1) is 12.4. The first kappa shape index (κ1) is 23.5. The Morgan fingerprint density at radius 2 is 1.46 bits per heavy atom. The Hall–Kier alpha value is -0.490. The van der Waals surface area contributed by atoms with Crippen molar-refractivity contribution >= 4 is 13.2 Å². The molecule has 0 radical (unpaired) electrons. The first-order valence-electron chi connectivity index (χ1n) is 10.6. The van der Waals surface area contributed by atoms with Crippen molar-refractivity contribution in [3.05, 3.63) is 29.8 Å². The zero-order valence-corrected chi connectivity index (χ0v) is 18.4. The standard InChI is InChI=1S/C23H39F2P/c1-6-9-18(4)16-26(23-15-21(24)13-14-22(23)25)17-19(5)11-12-20(8-3)10-7-2/h13-15,18-20H,6-12,16-17H2,1-5H3. The molecule has 1 rings (SSSR count). The summed E-state index contributed by atoms with van der Waals surface area (Å²) in [6.07, 6.45) is 10.6. The molecule has 0 heterocycles. The molecular formula is C23H39F2P. The Bertz CT molecular complexity index is 503. The maximum absolute atomic E-state index is 14.4. The fourth-order valence-electron chi connectivity index (χ4n) is 3.91. The van der Waals surface area contributed by atoms with Gasteiger partial charge in [-0.05, 0) is 48.3 Å². The Labute approximate surface area is 161 Å². The van der Waals surface area contributed by atoms with Crippen molar-refractivity contribution < 1.29 is 8.78 Å². The lowest BCUT2D eigenvalue weighted by atomic mass is 9.92. The maximum atomic E-state index is 14.4. The molecule has 0 spiro atoms. The predicted molar refractivity (Wildman–Crippen MR) is 114 cm³/mol. The van der Waals surface area contributed by atoms with Gasteiger partial charge in [0, 0.05) is 5.30 Å². The third-order valence-corrected chi connectivity index (χ3v) is 8.59. The molecule has 0 saturated carbocycles. The lowest BCUT2D eigenvalue weighted by Gasteiger charge is -2.26. The molecule has 4 atom stereocenters. The van der Waals surface area contributed by atoms with E-state index >= 15 is 0 Å². The summed E-state index contributed by atoms with van der Waals surface area (Å²) in [6.45, 7) is 11.3. The molecule has 0 amide bonds. The molecule has 26 heavy (non-hydrogen) atoms. The maximum Gasteiger partial charge on any atom is 0.131 e. The van der Waals surface area contributed by atoms with E-state index in [1.807, 2.05) is 0 Å². The van der Waals surface area contributed by atoms with Crippen LogP contribution in [0, 0.1) is 29.4 Å². The number of hydrogen-bond acceptors (Lipinski definition) is 0. The van der Waals surface area contributed by atoms with Crippen molar-refractivity contribution in [3.8, 4) is 0 Å². The van der Waals surface area contributed by atoms with E-state index in [0.29, 0.717) is 17.1 Å². The lowest BCUT2D eigenvalue weighted by molar-refractivity contribution is 0.389. The van der Waals surface area contributed by atoms with E-state index in [9.17, 15) is 8.78 Å². The van der Waals surface area contributed by atoms with Crippen LogP contribution in [0.5, 0.6) is 0 Å². The summed E-state index contributed by atoms with van der Waals surface area (Å²) in [5.74, 6) is 1.44. The van der Waals surface area contributed by atoms with Crippen molar-refractivity contribution in [3.63, 3.8) is 0 Å². The molecule has 3 heteroatoms. The van der Waals surface area contributed by atoms with Gasteiger partial charge in [0.1, 0.15) is 11.6 Å². The summed E-state index contributed by atoms with van der Waals surface area (Å²) in [5, 5.41) is 0.649. The van der Waals surface area contributed by atoms with Crippen LogP contribution in [0.1, 0.15) is 79.6 Å². The van der Waals surface area contributed by atoms with Gasteiger partial charge in [0.2, 0.25) is 0 Å². The lowest BCUT2D eigenvalue weighted by Crippen LogP contribution is -2.18. The van der Waals surface area contributed by atoms with E-state index < -0.39 is 7.92 Å². The Morgan fingerprint density at radius 3 is 2.04 bits per heavy atom. The van der Waals surface area contributed by atoms with Gasteiger partial charge in [-0.25, -0.2) is 8.78 Å². The topological polar surface area (TPSA) is 0 Å². The molecule has 1 aromatic carbocycles. The number of rotatable bonds is 13. The zero-order valence-electron chi connectivity index (χ0n) is 17.5. The summed E-state index contributed by atoms with van der Waals surface area (Å²) in [7, 11) is -0.641. The highest BCUT2D eigenvalue weighted by molar-refractivity contribution is 7.65. The second kappa shape index (κ2) is 12.8. The molecule has 0 saturated heterocycles. The van der Waals surface area contributed by atoms with Crippen LogP contribution in [-0.4, -0.2) is 12.3 Å². The van der Waals surface area contributed by atoms with Crippen molar-refractivity contribution in [1.82, 2.24) is 0 Å². The van der Waals surface area contributed by atoms with Crippen LogP contribution in [0.25, 0.3) is 0 Å². The minimum Gasteiger partial charge on any atom is -0.207 e. The normalized spacial score (nSPS) is 16.3. The van der Waals surface area contributed by atoms with Crippen molar-refractivity contribution in [2.75, 3.05) is 12.3 Å². The second-order valence-electron chi connectivity index (χ2n) is 8.14. The first-order valence-corrected chi connectivity index (χ1v) is 12.3. The second-order valence-corrected chi connectivity index (χ2v) is 10.4. The van der Waals surface area contributed by atoms with Gasteiger partial charge < -0.3 is 0 Å². The smallest absolute Gasteiger partial charge is 0.131 e. The third kappa shape index (κ3) is 8.47. The molecular weight excluding hydrogens is 345 g/mol. The molecule has 0 aromatic heterocycles. The number of halogens is 2. The van der Waals surface area contributed by atoms with Gasteiger partial charge >= 0.3 is 0 Å². The quantitative estimate of drug-likeness (QED) is 0.305. The number of hydrogen-bond donors (Lipinski definition) is 0. The van der Waals surface area contributed by atoms with Crippen LogP contribution in [0.3, 0.4) is 0 Å². The average molecular weight is 385 g/mol. The fraction of sp³-hybridized carbons (Fsp3) is 0.739. The van der Waals surface area contributed by atoms with Gasteiger partial charge in [0.05, 0.1) is 0 Å². The Kier molecular flexibility index (Phi) is 11.6. The van der Waals surface area contributed by atoms with Gasteiger partial charge in [0.25, 0.3) is 0 Å². The Morgan fingerprint density at radius 1 is 0.846 bits per heavy atom. The van der Waals surface area contributed by atoms with Gasteiger partial charge in [-0.2, -0.15) is 0 Å². The zero-order chi connectivity index (χ0) is 19.5. The molecule has 0 aliphatic carbocycles. The van der Waals surface area contributed by atoms with E-state index in [1.54, 1.807) is 0 Å². The minimum atomic E-state index is -0.641. The summed E-state index contributed by atoms with van der Waals surface area (Å²) < 4.78 is 28.2. The molecule has 0 N–H and O–H groups in total. The van der Waals surface area contributed by atoms with Crippen molar-refractivity contribution in [1.29, 1.82) is 0 Å². The molecule has 150 valence electrons. The van der Waals surface area contributed by atoms with Crippen LogP contribution in [-0.2, 0) is 0 Å². The van der Waals surface area contributed by atoms with Crippen LogP contribution < -0.4 is 5.30 Å². The molecule has 0 nitrogen and oxygen atoms in total. The predicted octanol–water partition coefficient (Wildman–Crippen LogP) is 7.75. The molecule has 0 aliphatic heterocycles. The minimum absolute atomic E-state index is 0.217. The van der Waals surface area contributed by atoms with Crippen LogP contribution in [0.4, 0.5) is 8.78 Å². The van der Waals surface area contributed by atoms with E-state index in [4.69, 9.17) is 0 Å². The highest BCUT2D eigenvalue weighted by Gasteiger charge is 2.21. The van der Waals surface area contributed by atoms with Crippen LogP contribution >= 0.6 is 7.92 Å². The van der Waals surface area contributed by atoms with E-state index in [-0.39, 0.29) is 11.6 Å². The summed E-state index contributed by atoms with van der Waals surface area (Å²) >= 11 is 0. The van der Waals surface area contributed by atoms with E-state index in [0.717, 1.165) is 24.7 Å². The molecule has 0 fully saturated rings. The van der Waals surface area contributed by atoms with Crippen molar-refractivity contribution in [2.24, 2.45) is 17.8 Å². The van der Waals surface area contributed by atoms with E-state index in [1.165, 1.54) is 56.7 Å². The highest BCUT2D eigenvalue weighted by Crippen LogP contribution is 2.41. The highest BCUT2D eigenvalue weighted by atomic mass is 31.1. The van der Waals surface area contributed by atoms with Gasteiger partial charge in [-0.3, -0.25) is 0 Å².